The van der Waals surface area contributed by atoms with Gasteiger partial charge in [0.05, 0.1) is 5.69 Å². The van der Waals surface area contributed by atoms with Gasteiger partial charge in [-0.25, -0.2) is 9.97 Å². The Morgan fingerprint density at radius 1 is 0.571 bits per heavy atom. The maximum atomic E-state index is 6.66. The number of hydrogen-bond acceptors (Lipinski definition) is 6. The van der Waals surface area contributed by atoms with Gasteiger partial charge in [-0.15, -0.1) is 48.3 Å². The van der Waals surface area contributed by atoms with Gasteiger partial charge in [-0.2, -0.15) is 12.1 Å². The number of pyridine rings is 2. The molecule has 2 aliphatic rings. The molecule has 0 fully saturated rings. The molecule has 0 aliphatic carbocycles. The molecule has 0 saturated heterocycles. The van der Waals surface area contributed by atoms with Crippen molar-refractivity contribution in [1.29, 1.82) is 0 Å². The third kappa shape index (κ3) is 6.11. The van der Waals surface area contributed by atoms with Crippen molar-refractivity contribution in [3.63, 3.8) is 0 Å². The van der Waals surface area contributed by atoms with Crippen LogP contribution in [-0.2, 0) is 26.5 Å². The van der Waals surface area contributed by atoms with E-state index in [1.807, 2.05) is 42.7 Å². The zero-order valence-corrected chi connectivity index (χ0v) is 33.3. The number of nitrogens with zero attached hydrogens (tertiary/aromatic N) is 5. The first kappa shape index (κ1) is 35.5. The van der Waals surface area contributed by atoms with E-state index >= 15 is 0 Å². The number of anilines is 7. The van der Waals surface area contributed by atoms with Crippen molar-refractivity contribution in [1.82, 2.24) is 9.97 Å². The summed E-state index contributed by atoms with van der Waals surface area (Å²) in [6, 6.07) is 57.5. The number of ether oxygens (including phenoxy) is 1. The predicted octanol–water partition coefficient (Wildman–Crippen LogP) is 12.8. The van der Waals surface area contributed by atoms with Crippen LogP contribution in [0.4, 0.5) is 40.1 Å². The van der Waals surface area contributed by atoms with Crippen LogP contribution in [0, 0.1) is 18.8 Å². The number of aromatic nitrogens is 2. The van der Waals surface area contributed by atoms with Gasteiger partial charge in [0.15, 0.2) is 0 Å². The molecular formula is C49H36N5OPt-3. The van der Waals surface area contributed by atoms with Gasteiger partial charge in [0.1, 0.15) is 11.6 Å². The normalized spacial score (nSPS) is 12.9. The van der Waals surface area contributed by atoms with Gasteiger partial charge in [-0.3, -0.25) is 0 Å². The topological polar surface area (TPSA) is 44.7 Å². The second-order valence-corrected chi connectivity index (χ2v) is 14.8. The molecule has 0 radical (unpaired) electrons. The fourth-order valence-corrected chi connectivity index (χ4v) is 7.65. The van der Waals surface area contributed by atoms with Crippen LogP contribution in [0.3, 0.4) is 0 Å². The van der Waals surface area contributed by atoms with Gasteiger partial charge in [-0.05, 0) is 58.3 Å². The third-order valence-electron chi connectivity index (χ3n) is 10.4. The van der Waals surface area contributed by atoms with Crippen LogP contribution in [0.5, 0.6) is 11.5 Å². The third-order valence-corrected chi connectivity index (χ3v) is 10.4. The molecule has 0 unspecified atom stereocenters. The van der Waals surface area contributed by atoms with E-state index in [-0.39, 0.29) is 26.5 Å². The first-order chi connectivity index (χ1) is 26.9. The average Bonchev–Trinajstić information content (AvgIpc) is 3.55. The Morgan fingerprint density at radius 3 is 2.04 bits per heavy atom. The van der Waals surface area contributed by atoms with Crippen molar-refractivity contribution in [2.24, 2.45) is 0 Å². The van der Waals surface area contributed by atoms with Gasteiger partial charge >= 0.3 is 0 Å². The van der Waals surface area contributed by atoms with Gasteiger partial charge in [0, 0.05) is 67.3 Å². The quantitative estimate of drug-likeness (QED) is 0.160. The molecular weight excluding hydrogens is 870 g/mol. The minimum Gasteiger partial charge on any atom is -0.509 e. The molecule has 0 spiro atoms. The van der Waals surface area contributed by atoms with Crippen LogP contribution < -0.4 is 19.4 Å². The van der Waals surface area contributed by atoms with E-state index in [1.165, 1.54) is 5.56 Å². The summed E-state index contributed by atoms with van der Waals surface area (Å²) >= 11 is 0. The molecule has 276 valence electrons. The van der Waals surface area contributed by atoms with Gasteiger partial charge in [0.25, 0.3) is 0 Å². The van der Waals surface area contributed by atoms with E-state index in [9.17, 15) is 0 Å². The summed E-state index contributed by atoms with van der Waals surface area (Å²) in [5.74, 6) is 2.85. The Hall–Kier alpha value is -6.23. The fraction of sp³-hybridized carbons (Fsp3) is 0.0816. The summed E-state index contributed by atoms with van der Waals surface area (Å²) in [6.45, 7) is 8.76. The summed E-state index contributed by atoms with van der Waals surface area (Å²) in [4.78, 5) is 16.3. The van der Waals surface area contributed by atoms with E-state index in [4.69, 9.17) is 14.7 Å². The molecule has 2 aromatic heterocycles. The largest absolute Gasteiger partial charge is 0.509 e. The summed E-state index contributed by atoms with van der Waals surface area (Å²) in [7, 11) is 0. The van der Waals surface area contributed by atoms with Crippen molar-refractivity contribution < 1.29 is 25.8 Å². The first-order valence-corrected chi connectivity index (χ1v) is 18.5. The molecule has 0 bridgehead atoms. The molecule has 0 atom stereocenters. The number of para-hydroxylation sites is 3. The Bertz CT molecular complexity index is 2750. The van der Waals surface area contributed by atoms with E-state index in [1.54, 1.807) is 0 Å². The second-order valence-electron chi connectivity index (χ2n) is 14.8. The summed E-state index contributed by atoms with van der Waals surface area (Å²) in [6.07, 6.45) is 3.77. The molecule has 6 nitrogen and oxygen atoms in total. The first-order valence-electron chi connectivity index (χ1n) is 18.5. The minimum absolute atomic E-state index is 0. The number of rotatable bonds is 5. The molecule has 8 aromatic rings. The summed E-state index contributed by atoms with van der Waals surface area (Å²) in [5, 5.41) is 2.22. The fourth-order valence-electron chi connectivity index (χ4n) is 7.65. The van der Waals surface area contributed by atoms with E-state index in [0.29, 0.717) is 11.5 Å². The minimum atomic E-state index is -0.0555. The Labute approximate surface area is 341 Å². The molecule has 7 heteroatoms. The van der Waals surface area contributed by atoms with Crippen LogP contribution in [0.15, 0.2) is 158 Å². The van der Waals surface area contributed by atoms with E-state index in [0.717, 1.165) is 73.1 Å². The van der Waals surface area contributed by atoms with Gasteiger partial charge in [-0.1, -0.05) is 111 Å². The smallest absolute Gasteiger partial charge is 0.135 e. The number of hydrogen-bond donors (Lipinski definition) is 0. The van der Waals surface area contributed by atoms with Crippen LogP contribution in [0.1, 0.15) is 26.3 Å². The van der Waals surface area contributed by atoms with Crippen LogP contribution in [0.2, 0.25) is 0 Å². The molecule has 0 saturated carbocycles. The van der Waals surface area contributed by atoms with Crippen molar-refractivity contribution in [3.8, 4) is 33.8 Å². The average molecular weight is 906 g/mol. The summed E-state index contributed by atoms with van der Waals surface area (Å²) in [5.41, 5.74) is 10.4. The van der Waals surface area contributed by atoms with Crippen molar-refractivity contribution in [2.75, 3.05) is 14.7 Å². The zero-order valence-electron chi connectivity index (χ0n) is 31.0. The summed E-state index contributed by atoms with van der Waals surface area (Å²) < 4.78 is 6.66. The number of fused-ring (bicyclic) bond motifs is 7. The van der Waals surface area contributed by atoms with Crippen molar-refractivity contribution in [3.05, 3.63) is 182 Å². The molecule has 2 aliphatic heterocycles. The molecule has 4 heterocycles. The maximum absolute atomic E-state index is 6.66. The van der Waals surface area contributed by atoms with Crippen LogP contribution >= 0.6 is 0 Å². The second kappa shape index (κ2) is 14.1. The maximum Gasteiger partial charge on any atom is 0.135 e. The molecule has 0 N–H and O–H groups in total. The van der Waals surface area contributed by atoms with Crippen molar-refractivity contribution in [2.45, 2.75) is 26.2 Å². The van der Waals surface area contributed by atoms with Gasteiger partial charge < -0.3 is 19.4 Å². The monoisotopic (exact) mass is 905 g/mol. The number of benzene rings is 6. The van der Waals surface area contributed by atoms with E-state index < -0.39 is 0 Å². The Balaban J connectivity index is 0.00000410. The van der Waals surface area contributed by atoms with Gasteiger partial charge in [0.2, 0.25) is 0 Å². The van der Waals surface area contributed by atoms with Crippen molar-refractivity contribution >= 4 is 50.8 Å². The molecule has 10 rings (SSSR count). The van der Waals surface area contributed by atoms with Crippen LogP contribution in [0.25, 0.3) is 33.0 Å². The van der Waals surface area contributed by atoms with E-state index in [2.05, 4.69) is 170 Å². The molecule has 6 aromatic carbocycles. The molecule has 56 heavy (non-hydrogen) atoms. The predicted molar refractivity (Wildman–Crippen MR) is 223 cm³/mol. The zero-order chi connectivity index (χ0) is 37.1. The Kier molecular flexibility index (Phi) is 8.94. The molecule has 0 amide bonds. The Morgan fingerprint density at radius 2 is 1.23 bits per heavy atom. The SMILES string of the molecule is CC(C)(C)c1ccnc(N2c3[c-]c(Oc4[c-]c(N5[CH-]N(c6nccc7ccccc67)c6ccccc65)ccc4)ccc3-c3ccccc3-c3ccccc32)c1.[Pt]. The standard InChI is InChI=1S/C49H36N5O.Pt/c1-49(2,3)34-26-28-50-47(29-34)54-43-20-9-8-19-41(43)39-17-6-7-18-40(39)42-24-23-37(31-46(42)54)55-36-15-12-14-35(30-36)52-32-53(45-22-11-10-21-44(45)52)48-38-16-5-4-13-33(38)25-27-51-48;/h4-29,32H,1-3H3;/q-3;. The van der Waals surface area contributed by atoms with Crippen LogP contribution in [-0.4, -0.2) is 9.97 Å².